The number of rotatable bonds is 0. The molecule has 1 heterocycles. The summed E-state index contributed by atoms with van der Waals surface area (Å²) in [6.45, 7) is 7.24. The quantitative estimate of drug-likeness (QED) is 0.656. The molecule has 2 rings (SSSR count). The van der Waals surface area contributed by atoms with Crippen molar-refractivity contribution in [3.8, 4) is 0 Å². The van der Waals surface area contributed by atoms with Gasteiger partial charge in [-0.05, 0) is 39.0 Å². The van der Waals surface area contributed by atoms with Crippen LogP contribution in [-0.4, -0.2) is 35.7 Å². The van der Waals surface area contributed by atoms with Gasteiger partial charge in [-0.3, -0.25) is 0 Å². The molecule has 86 valence electrons. The molecule has 2 fully saturated rings. The standard InChI is InChI=1S/C11H20N2O2/c1-11(2,3)15-10(14)13-5-4-7-8(6-13)9(7)12/h7-9H,4-6,12H2,1-3H3. The molecule has 0 radical (unpaired) electrons. The van der Waals surface area contributed by atoms with Crippen LogP contribution in [0.15, 0.2) is 0 Å². The molecule has 0 aromatic heterocycles. The molecule has 0 bridgehead atoms. The summed E-state index contributed by atoms with van der Waals surface area (Å²) in [5, 5.41) is 0. The van der Waals surface area contributed by atoms with E-state index in [0.717, 1.165) is 19.5 Å². The number of carbonyl (C=O) groups excluding carboxylic acids is 1. The van der Waals surface area contributed by atoms with E-state index in [2.05, 4.69) is 0 Å². The molecule has 0 spiro atoms. The number of carbonyl (C=O) groups is 1. The smallest absolute Gasteiger partial charge is 0.410 e. The van der Waals surface area contributed by atoms with Gasteiger partial charge in [-0.2, -0.15) is 0 Å². The zero-order chi connectivity index (χ0) is 11.2. The van der Waals surface area contributed by atoms with Crippen LogP contribution in [0.2, 0.25) is 0 Å². The zero-order valence-corrected chi connectivity index (χ0v) is 9.69. The van der Waals surface area contributed by atoms with Crippen LogP contribution in [0.1, 0.15) is 27.2 Å². The van der Waals surface area contributed by atoms with Crippen molar-refractivity contribution in [2.45, 2.75) is 38.8 Å². The second-order valence-corrected chi connectivity index (χ2v) is 5.62. The van der Waals surface area contributed by atoms with E-state index in [1.54, 1.807) is 4.90 Å². The third-order valence-corrected chi connectivity index (χ3v) is 3.21. The summed E-state index contributed by atoms with van der Waals surface area (Å²) in [7, 11) is 0. The minimum atomic E-state index is -0.403. The van der Waals surface area contributed by atoms with E-state index in [4.69, 9.17) is 10.5 Å². The van der Waals surface area contributed by atoms with E-state index in [1.807, 2.05) is 20.8 Å². The number of likely N-dealkylation sites (tertiary alicyclic amines) is 1. The van der Waals surface area contributed by atoms with Crippen molar-refractivity contribution < 1.29 is 9.53 Å². The van der Waals surface area contributed by atoms with Crippen LogP contribution < -0.4 is 5.73 Å². The molecule has 4 nitrogen and oxygen atoms in total. The van der Waals surface area contributed by atoms with Gasteiger partial charge < -0.3 is 15.4 Å². The number of amides is 1. The molecule has 1 amide bonds. The molecule has 4 heteroatoms. The highest BCUT2D eigenvalue weighted by atomic mass is 16.6. The monoisotopic (exact) mass is 212 g/mol. The number of ether oxygens (including phenoxy) is 1. The maximum absolute atomic E-state index is 11.7. The highest BCUT2D eigenvalue weighted by Gasteiger charge is 2.51. The molecular formula is C11H20N2O2. The predicted molar refractivity (Wildman–Crippen MR) is 57.4 cm³/mol. The Bertz CT molecular complexity index is 272. The van der Waals surface area contributed by atoms with E-state index >= 15 is 0 Å². The molecule has 1 saturated carbocycles. The second kappa shape index (κ2) is 3.37. The van der Waals surface area contributed by atoms with Gasteiger partial charge in [-0.15, -0.1) is 0 Å². The fraction of sp³-hybridized carbons (Fsp3) is 0.909. The van der Waals surface area contributed by atoms with Crippen molar-refractivity contribution in [1.29, 1.82) is 0 Å². The molecule has 1 aliphatic carbocycles. The summed E-state index contributed by atoms with van der Waals surface area (Å²) in [5.41, 5.74) is 5.48. The van der Waals surface area contributed by atoms with Crippen LogP contribution in [0.25, 0.3) is 0 Å². The molecule has 2 N–H and O–H groups in total. The van der Waals surface area contributed by atoms with E-state index in [9.17, 15) is 4.79 Å². The van der Waals surface area contributed by atoms with Gasteiger partial charge in [0, 0.05) is 19.1 Å². The van der Waals surface area contributed by atoms with E-state index < -0.39 is 5.60 Å². The zero-order valence-electron chi connectivity index (χ0n) is 9.69. The molecular weight excluding hydrogens is 192 g/mol. The largest absolute Gasteiger partial charge is 0.444 e. The number of fused-ring (bicyclic) bond motifs is 1. The third-order valence-electron chi connectivity index (χ3n) is 3.21. The Kier molecular flexibility index (Phi) is 2.41. The first kappa shape index (κ1) is 10.7. The van der Waals surface area contributed by atoms with Gasteiger partial charge in [0.05, 0.1) is 0 Å². The first-order valence-electron chi connectivity index (χ1n) is 5.62. The van der Waals surface area contributed by atoms with Crippen LogP contribution in [0.4, 0.5) is 4.79 Å². The number of nitrogens with two attached hydrogens (primary N) is 1. The van der Waals surface area contributed by atoms with Gasteiger partial charge in [-0.1, -0.05) is 0 Å². The maximum Gasteiger partial charge on any atom is 0.410 e. The first-order valence-corrected chi connectivity index (χ1v) is 5.62. The van der Waals surface area contributed by atoms with Crippen molar-refractivity contribution in [2.75, 3.05) is 13.1 Å². The molecule has 15 heavy (non-hydrogen) atoms. The molecule has 1 saturated heterocycles. The summed E-state index contributed by atoms with van der Waals surface area (Å²) in [5.74, 6) is 1.18. The number of hydrogen-bond acceptors (Lipinski definition) is 3. The summed E-state index contributed by atoms with van der Waals surface area (Å²) in [6, 6.07) is 0.317. The highest BCUT2D eigenvalue weighted by molar-refractivity contribution is 5.68. The number of hydrogen-bond donors (Lipinski definition) is 1. The summed E-state index contributed by atoms with van der Waals surface area (Å²) in [4.78, 5) is 13.5. The fourth-order valence-corrected chi connectivity index (χ4v) is 2.28. The Morgan fingerprint density at radius 1 is 1.40 bits per heavy atom. The van der Waals surface area contributed by atoms with Gasteiger partial charge in [0.25, 0.3) is 0 Å². The molecule has 0 aromatic carbocycles. The first-order chi connectivity index (χ1) is 6.88. The van der Waals surface area contributed by atoms with Crippen molar-refractivity contribution in [3.63, 3.8) is 0 Å². The second-order valence-electron chi connectivity index (χ2n) is 5.62. The lowest BCUT2D eigenvalue weighted by Gasteiger charge is -2.29. The molecule has 0 aromatic rings. The van der Waals surface area contributed by atoms with Gasteiger partial charge in [0.2, 0.25) is 0 Å². The van der Waals surface area contributed by atoms with Gasteiger partial charge >= 0.3 is 6.09 Å². The molecule has 3 atom stereocenters. The predicted octanol–water partition coefficient (Wildman–Crippen LogP) is 1.20. The molecule has 2 aliphatic rings. The normalized spacial score (nSPS) is 34.7. The third kappa shape index (κ3) is 2.25. The van der Waals surface area contributed by atoms with Crippen molar-refractivity contribution in [2.24, 2.45) is 17.6 Å². The van der Waals surface area contributed by atoms with Gasteiger partial charge in [-0.25, -0.2) is 4.79 Å². The summed E-state index contributed by atoms with van der Waals surface area (Å²) in [6.07, 6.45) is 0.838. The Morgan fingerprint density at radius 3 is 2.60 bits per heavy atom. The minimum Gasteiger partial charge on any atom is -0.444 e. The fourth-order valence-electron chi connectivity index (χ4n) is 2.28. The van der Waals surface area contributed by atoms with Crippen LogP contribution >= 0.6 is 0 Å². The SMILES string of the molecule is CC(C)(C)OC(=O)N1CCC2C(N)C2C1. The lowest BCUT2D eigenvalue weighted by atomic mass is 10.1. The summed E-state index contributed by atoms with van der Waals surface area (Å²) >= 11 is 0. The Labute approximate surface area is 90.8 Å². The van der Waals surface area contributed by atoms with Crippen molar-refractivity contribution in [3.05, 3.63) is 0 Å². The Hall–Kier alpha value is -0.770. The number of nitrogens with zero attached hydrogens (tertiary/aromatic N) is 1. The van der Waals surface area contributed by atoms with Crippen LogP contribution in [0, 0.1) is 11.8 Å². The topological polar surface area (TPSA) is 55.6 Å². The van der Waals surface area contributed by atoms with Crippen LogP contribution in [-0.2, 0) is 4.74 Å². The van der Waals surface area contributed by atoms with Gasteiger partial charge in [0.15, 0.2) is 0 Å². The van der Waals surface area contributed by atoms with Gasteiger partial charge in [0.1, 0.15) is 5.60 Å². The minimum absolute atomic E-state index is 0.194. The van der Waals surface area contributed by atoms with E-state index in [-0.39, 0.29) is 6.09 Å². The van der Waals surface area contributed by atoms with Crippen molar-refractivity contribution >= 4 is 6.09 Å². The number of piperidine rings is 1. The van der Waals surface area contributed by atoms with Crippen LogP contribution in [0.3, 0.4) is 0 Å². The van der Waals surface area contributed by atoms with E-state index in [1.165, 1.54) is 0 Å². The van der Waals surface area contributed by atoms with E-state index in [0.29, 0.717) is 17.9 Å². The Morgan fingerprint density at radius 2 is 2.07 bits per heavy atom. The highest BCUT2D eigenvalue weighted by Crippen LogP contribution is 2.43. The average Bonchev–Trinajstić information content (AvgIpc) is 2.74. The van der Waals surface area contributed by atoms with Crippen LogP contribution in [0.5, 0.6) is 0 Å². The lowest BCUT2D eigenvalue weighted by Crippen LogP contribution is -2.40. The molecule has 3 unspecified atom stereocenters. The summed E-state index contributed by atoms with van der Waals surface area (Å²) < 4.78 is 5.33. The maximum atomic E-state index is 11.7. The lowest BCUT2D eigenvalue weighted by molar-refractivity contribution is 0.0207. The Balaban J connectivity index is 1.87. The molecule has 1 aliphatic heterocycles. The van der Waals surface area contributed by atoms with Crippen molar-refractivity contribution in [1.82, 2.24) is 4.90 Å². The average molecular weight is 212 g/mol.